The van der Waals surface area contributed by atoms with Crippen LogP contribution in [0.25, 0.3) is 16.6 Å². The smallest absolute Gasteiger partial charge is 0.305 e. The maximum Gasteiger partial charge on any atom is 0.431 e. The van der Waals surface area contributed by atoms with Crippen molar-refractivity contribution in [2.45, 2.75) is 6.18 Å². The zero-order chi connectivity index (χ0) is 15.9. The van der Waals surface area contributed by atoms with Crippen molar-refractivity contribution >= 4 is 16.6 Å². The molecule has 7 heteroatoms. The Morgan fingerprint density at radius 1 is 1.00 bits per heavy atom. The van der Waals surface area contributed by atoms with Crippen molar-refractivity contribution in [2.24, 2.45) is 0 Å². The van der Waals surface area contributed by atoms with Crippen molar-refractivity contribution in [3.05, 3.63) is 70.4 Å². The summed E-state index contributed by atoms with van der Waals surface area (Å²) in [5.41, 5.74) is -0.376. The van der Waals surface area contributed by atoms with Crippen molar-refractivity contribution in [2.75, 3.05) is 0 Å². The quantitative estimate of drug-likeness (QED) is 0.515. The van der Waals surface area contributed by atoms with Crippen LogP contribution in [0.2, 0.25) is 0 Å². The van der Waals surface area contributed by atoms with E-state index in [2.05, 4.69) is 0 Å². The molecular formula is C15H9F3N2O2. The lowest BCUT2D eigenvalue weighted by Gasteiger charge is -2.13. The van der Waals surface area contributed by atoms with Gasteiger partial charge in [-0.15, -0.1) is 0 Å². The molecule has 0 atom stereocenters. The second-order valence-corrected chi connectivity index (χ2v) is 4.70. The van der Waals surface area contributed by atoms with Gasteiger partial charge in [0, 0.05) is 23.2 Å². The van der Waals surface area contributed by atoms with E-state index in [0.29, 0.717) is 10.9 Å². The molecule has 1 aromatic heterocycles. The third kappa shape index (κ3) is 2.30. The standard InChI is InChI=1S/C15H9F3N2O2/c16-15(17,18)14-9-10-3-1-2-4-13(10)19(14)11-5-7-12(8-6-11)20(21)22/h1-9H. The van der Waals surface area contributed by atoms with Crippen LogP contribution < -0.4 is 0 Å². The topological polar surface area (TPSA) is 48.1 Å². The van der Waals surface area contributed by atoms with Gasteiger partial charge < -0.3 is 4.57 Å². The summed E-state index contributed by atoms with van der Waals surface area (Å²) >= 11 is 0. The van der Waals surface area contributed by atoms with Gasteiger partial charge in [0.1, 0.15) is 5.69 Å². The van der Waals surface area contributed by atoms with Crippen LogP contribution in [0.1, 0.15) is 5.69 Å². The predicted molar refractivity (Wildman–Crippen MR) is 74.9 cm³/mol. The number of nitrogens with zero attached hydrogens (tertiary/aromatic N) is 2. The first-order chi connectivity index (χ1) is 10.4. The minimum atomic E-state index is -4.53. The molecule has 0 saturated heterocycles. The zero-order valence-corrected chi connectivity index (χ0v) is 11.0. The van der Waals surface area contributed by atoms with Gasteiger partial charge in [0.15, 0.2) is 0 Å². The molecule has 0 fully saturated rings. The third-order valence-electron chi connectivity index (χ3n) is 3.32. The summed E-state index contributed by atoms with van der Waals surface area (Å²) in [5.74, 6) is 0. The Morgan fingerprint density at radius 2 is 1.64 bits per heavy atom. The number of aromatic nitrogens is 1. The van der Waals surface area contributed by atoms with Crippen LogP contribution in [0.4, 0.5) is 18.9 Å². The molecule has 0 spiro atoms. The highest BCUT2D eigenvalue weighted by molar-refractivity contribution is 5.83. The Morgan fingerprint density at radius 3 is 2.23 bits per heavy atom. The summed E-state index contributed by atoms with van der Waals surface area (Å²) in [6.45, 7) is 0. The van der Waals surface area contributed by atoms with Crippen molar-refractivity contribution in [3.63, 3.8) is 0 Å². The van der Waals surface area contributed by atoms with Crippen LogP contribution in [0, 0.1) is 10.1 Å². The molecule has 0 bridgehead atoms. The fraction of sp³-hybridized carbons (Fsp3) is 0.0667. The number of hydrogen-bond donors (Lipinski definition) is 0. The highest BCUT2D eigenvalue weighted by Gasteiger charge is 2.35. The van der Waals surface area contributed by atoms with E-state index in [1.807, 2.05) is 0 Å². The lowest BCUT2D eigenvalue weighted by Crippen LogP contribution is -2.12. The molecule has 3 rings (SSSR count). The summed E-state index contributed by atoms with van der Waals surface area (Å²) in [6, 6.07) is 12.5. The average Bonchev–Trinajstić information content (AvgIpc) is 2.87. The van der Waals surface area contributed by atoms with Gasteiger partial charge in [-0.1, -0.05) is 18.2 Å². The Kier molecular flexibility index (Phi) is 3.13. The largest absolute Gasteiger partial charge is 0.431 e. The van der Waals surface area contributed by atoms with Gasteiger partial charge in [0.2, 0.25) is 0 Å². The molecule has 0 amide bonds. The van der Waals surface area contributed by atoms with E-state index in [0.717, 1.165) is 10.6 Å². The number of para-hydroxylation sites is 1. The SMILES string of the molecule is O=[N+]([O-])c1ccc(-n2c(C(F)(F)F)cc3ccccc32)cc1. The second-order valence-electron chi connectivity index (χ2n) is 4.70. The number of fused-ring (bicyclic) bond motifs is 1. The maximum absolute atomic E-state index is 13.3. The fourth-order valence-electron chi connectivity index (χ4n) is 2.37. The second kappa shape index (κ2) is 4.87. The first kappa shape index (κ1) is 14.1. The fourth-order valence-corrected chi connectivity index (χ4v) is 2.37. The van der Waals surface area contributed by atoms with Gasteiger partial charge in [-0.3, -0.25) is 10.1 Å². The van der Waals surface area contributed by atoms with E-state index < -0.39 is 16.8 Å². The van der Waals surface area contributed by atoms with Crippen LogP contribution >= 0.6 is 0 Å². The van der Waals surface area contributed by atoms with Gasteiger partial charge >= 0.3 is 6.18 Å². The molecule has 1 heterocycles. The van der Waals surface area contributed by atoms with E-state index in [9.17, 15) is 23.3 Å². The van der Waals surface area contributed by atoms with Crippen LogP contribution in [-0.2, 0) is 6.18 Å². The van der Waals surface area contributed by atoms with Crippen LogP contribution in [-0.4, -0.2) is 9.49 Å². The molecule has 0 aliphatic rings. The van der Waals surface area contributed by atoms with E-state index >= 15 is 0 Å². The van der Waals surface area contributed by atoms with Crippen molar-refractivity contribution < 1.29 is 18.1 Å². The molecule has 0 aliphatic heterocycles. The summed E-state index contributed by atoms with van der Waals surface area (Å²) in [5, 5.41) is 11.1. The van der Waals surface area contributed by atoms with Crippen molar-refractivity contribution in [3.8, 4) is 5.69 Å². The van der Waals surface area contributed by atoms with Crippen molar-refractivity contribution in [1.82, 2.24) is 4.57 Å². The Bertz CT molecular complexity index is 851. The molecule has 0 N–H and O–H groups in total. The molecule has 2 aromatic carbocycles. The summed E-state index contributed by atoms with van der Waals surface area (Å²) in [7, 11) is 0. The highest BCUT2D eigenvalue weighted by Crippen LogP contribution is 2.36. The highest BCUT2D eigenvalue weighted by atomic mass is 19.4. The number of alkyl halides is 3. The molecule has 0 radical (unpaired) electrons. The lowest BCUT2D eigenvalue weighted by molar-refractivity contribution is -0.384. The summed E-state index contributed by atoms with van der Waals surface area (Å²) in [4.78, 5) is 10.1. The number of non-ortho nitro benzene ring substituents is 1. The minimum absolute atomic E-state index is 0.172. The van der Waals surface area contributed by atoms with Gasteiger partial charge in [-0.25, -0.2) is 0 Å². The number of rotatable bonds is 2. The third-order valence-corrected chi connectivity index (χ3v) is 3.32. The van der Waals surface area contributed by atoms with Gasteiger partial charge in [0.25, 0.3) is 5.69 Å². The Labute approximate surface area is 122 Å². The molecule has 22 heavy (non-hydrogen) atoms. The first-order valence-corrected chi connectivity index (χ1v) is 6.30. The molecule has 3 aromatic rings. The number of benzene rings is 2. The number of nitro groups is 1. The lowest BCUT2D eigenvalue weighted by atomic mass is 10.2. The first-order valence-electron chi connectivity index (χ1n) is 6.30. The maximum atomic E-state index is 13.3. The number of nitro benzene ring substituents is 1. The molecular weight excluding hydrogens is 297 g/mol. The van der Waals surface area contributed by atoms with E-state index in [-0.39, 0.29) is 11.4 Å². The Hall–Kier alpha value is -2.83. The van der Waals surface area contributed by atoms with Crippen LogP contribution in [0.5, 0.6) is 0 Å². The van der Waals surface area contributed by atoms with Gasteiger partial charge in [-0.05, 0) is 24.3 Å². The molecule has 112 valence electrons. The number of halogens is 3. The molecule has 0 aliphatic carbocycles. The molecule has 0 saturated carbocycles. The van der Waals surface area contributed by atoms with Crippen LogP contribution in [0.3, 0.4) is 0 Å². The summed E-state index contributed by atoms with van der Waals surface area (Å²) < 4.78 is 40.8. The monoisotopic (exact) mass is 306 g/mol. The minimum Gasteiger partial charge on any atom is -0.305 e. The number of hydrogen-bond acceptors (Lipinski definition) is 2. The molecule has 4 nitrogen and oxygen atoms in total. The summed E-state index contributed by atoms with van der Waals surface area (Å²) in [6.07, 6.45) is -4.53. The predicted octanol–water partition coefficient (Wildman–Crippen LogP) is 4.56. The van der Waals surface area contributed by atoms with Crippen molar-refractivity contribution in [1.29, 1.82) is 0 Å². The van der Waals surface area contributed by atoms with E-state index in [1.54, 1.807) is 24.3 Å². The average molecular weight is 306 g/mol. The van der Waals surface area contributed by atoms with Gasteiger partial charge in [0.05, 0.1) is 10.4 Å². The van der Waals surface area contributed by atoms with E-state index in [1.165, 1.54) is 24.3 Å². The van der Waals surface area contributed by atoms with Gasteiger partial charge in [-0.2, -0.15) is 13.2 Å². The van der Waals surface area contributed by atoms with Crippen LogP contribution in [0.15, 0.2) is 54.6 Å². The molecule has 0 unspecified atom stereocenters. The zero-order valence-electron chi connectivity index (χ0n) is 11.0. The van der Waals surface area contributed by atoms with E-state index in [4.69, 9.17) is 0 Å². The Balaban J connectivity index is 2.26. The normalized spacial score (nSPS) is 11.8.